The first-order valence-electron chi connectivity index (χ1n) is 7.69. The molecule has 3 aromatic carbocycles. The van der Waals surface area contributed by atoms with Crippen LogP contribution in [-0.4, -0.2) is 16.0 Å². The van der Waals surface area contributed by atoms with Crippen LogP contribution >= 0.6 is 0 Å². The summed E-state index contributed by atoms with van der Waals surface area (Å²) in [6, 6.07) is 20.1. The molecule has 4 heteroatoms. The molecule has 3 rings (SSSR count). The van der Waals surface area contributed by atoms with Crippen molar-refractivity contribution in [3.63, 3.8) is 0 Å². The van der Waals surface area contributed by atoms with Gasteiger partial charge in [0, 0.05) is 11.6 Å². The number of carbonyl (C=O) groups excluding carboxylic acids is 1. The Labute approximate surface area is 145 Å². The van der Waals surface area contributed by atoms with Gasteiger partial charge in [-0.15, -0.1) is 0 Å². The predicted octanol–water partition coefficient (Wildman–Crippen LogP) is 4.79. The minimum atomic E-state index is -0.0643. The summed E-state index contributed by atoms with van der Waals surface area (Å²) in [6.45, 7) is 0. The van der Waals surface area contributed by atoms with Crippen molar-refractivity contribution >= 4 is 11.9 Å². The number of ketones is 1. The summed E-state index contributed by atoms with van der Waals surface area (Å²) in [7, 11) is 0. The van der Waals surface area contributed by atoms with Gasteiger partial charge in [-0.3, -0.25) is 4.79 Å². The Kier molecular flexibility index (Phi) is 4.81. The fourth-order valence-corrected chi connectivity index (χ4v) is 2.23. The molecule has 0 spiro atoms. The summed E-state index contributed by atoms with van der Waals surface area (Å²) in [5.41, 5.74) is 1.48. The van der Waals surface area contributed by atoms with Gasteiger partial charge in [0.15, 0.2) is 17.3 Å². The third-order valence-electron chi connectivity index (χ3n) is 3.54. The van der Waals surface area contributed by atoms with Crippen molar-refractivity contribution in [1.29, 1.82) is 0 Å². The zero-order chi connectivity index (χ0) is 17.6. The Morgan fingerprint density at radius 2 is 1.60 bits per heavy atom. The minimum Gasteiger partial charge on any atom is -0.508 e. The molecule has 0 aliphatic rings. The van der Waals surface area contributed by atoms with Gasteiger partial charge in [-0.1, -0.05) is 48.5 Å². The first-order chi connectivity index (χ1) is 12.1. The van der Waals surface area contributed by atoms with Crippen molar-refractivity contribution < 1.29 is 19.7 Å². The van der Waals surface area contributed by atoms with Gasteiger partial charge in [0.05, 0.1) is 0 Å². The zero-order valence-corrected chi connectivity index (χ0v) is 13.3. The molecule has 0 bridgehead atoms. The number of phenols is 2. The second-order valence-electron chi connectivity index (χ2n) is 5.39. The molecule has 25 heavy (non-hydrogen) atoms. The summed E-state index contributed by atoms with van der Waals surface area (Å²) >= 11 is 0. The first-order valence-corrected chi connectivity index (χ1v) is 7.69. The second-order valence-corrected chi connectivity index (χ2v) is 5.39. The number of phenolic OH excluding ortho intramolecular Hbond substituents is 2. The highest BCUT2D eigenvalue weighted by Crippen LogP contribution is 2.33. The lowest BCUT2D eigenvalue weighted by Gasteiger charge is -2.08. The SMILES string of the molecule is O=C(C=Cc1ccc(Oc2cc(O)ccc2O)cc1)c1ccccc1. The quantitative estimate of drug-likeness (QED) is 0.401. The van der Waals surface area contributed by atoms with E-state index in [-0.39, 0.29) is 23.0 Å². The maximum atomic E-state index is 12.0. The van der Waals surface area contributed by atoms with Gasteiger partial charge in [0.25, 0.3) is 0 Å². The zero-order valence-electron chi connectivity index (χ0n) is 13.3. The molecule has 0 heterocycles. The number of hydrogen-bond acceptors (Lipinski definition) is 4. The van der Waals surface area contributed by atoms with Crippen LogP contribution in [0.3, 0.4) is 0 Å². The van der Waals surface area contributed by atoms with Crippen molar-refractivity contribution in [2.45, 2.75) is 0 Å². The average molecular weight is 332 g/mol. The number of aromatic hydroxyl groups is 2. The van der Waals surface area contributed by atoms with Crippen LogP contribution < -0.4 is 4.74 Å². The summed E-state index contributed by atoms with van der Waals surface area (Å²) in [5, 5.41) is 19.2. The molecule has 0 saturated carbocycles. The highest BCUT2D eigenvalue weighted by molar-refractivity contribution is 6.06. The van der Waals surface area contributed by atoms with Crippen molar-refractivity contribution in [3.8, 4) is 23.0 Å². The van der Waals surface area contributed by atoms with E-state index in [0.29, 0.717) is 11.3 Å². The molecular formula is C21H16O4. The van der Waals surface area contributed by atoms with Gasteiger partial charge >= 0.3 is 0 Å². The number of ether oxygens (including phenoxy) is 1. The van der Waals surface area contributed by atoms with Crippen LogP contribution in [-0.2, 0) is 0 Å². The number of hydrogen-bond donors (Lipinski definition) is 2. The Morgan fingerprint density at radius 3 is 2.32 bits per heavy atom. The molecule has 0 unspecified atom stereocenters. The lowest BCUT2D eigenvalue weighted by Crippen LogP contribution is -1.92. The molecule has 0 fully saturated rings. The van der Waals surface area contributed by atoms with E-state index in [9.17, 15) is 15.0 Å². The maximum absolute atomic E-state index is 12.0. The van der Waals surface area contributed by atoms with Crippen LogP contribution in [0.2, 0.25) is 0 Å². The van der Waals surface area contributed by atoms with E-state index >= 15 is 0 Å². The van der Waals surface area contributed by atoms with Gasteiger partial charge in [0.2, 0.25) is 0 Å². The number of allylic oxidation sites excluding steroid dienone is 1. The molecule has 0 atom stereocenters. The first kappa shape index (κ1) is 16.3. The standard InChI is InChI=1S/C21H16O4/c22-17-9-13-20(24)21(14-17)25-18-10-6-15(7-11-18)8-12-19(23)16-4-2-1-3-5-16/h1-14,22,24H. The van der Waals surface area contributed by atoms with Gasteiger partial charge in [0.1, 0.15) is 11.5 Å². The minimum absolute atomic E-state index is 0.00628. The van der Waals surface area contributed by atoms with E-state index in [1.165, 1.54) is 24.3 Å². The van der Waals surface area contributed by atoms with Crippen molar-refractivity contribution in [1.82, 2.24) is 0 Å². The molecule has 0 amide bonds. The maximum Gasteiger partial charge on any atom is 0.185 e. The number of carbonyl (C=O) groups is 1. The number of benzene rings is 3. The van der Waals surface area contributed by atoms with Crippen molar-refractivity contribution in [3.05, 3.63) is 90.0 Å². The second kappa shape index (κ2) is 7.36. The van der Waals surface area contributed by atoms with Crippen molar-refractivity contribution in [2.24, 2.45) is 0 Å². The van der Waals surface area contributed by atoms with Crippen LogP contribution in [0.15, 0.2) is 78.9 Å². The normalized spacial score (nSPS) is 10.7. The van der Waals surface area contributed by atoms with Crippen LogP contribution in [0, 0.1) is 0 Å². The molecule has 0 aromatic heterocycles. The molecule has 0 aliphatic carbocycles. The van der Waals surface area contributed by atoms with Crippen LogP contribution in [0.4, 0.5) is 0 Å². The van der Waals surface area contributed by atoms with E-state index in [4.69, 9.17) is 4.74 Å². The third-order valence-corrected chi connectivity index (χ3v) is 3.54. The summed E-state index contributed by atoms with van der Waals surface area (Å²) in [5.74, 6) is 0.558. The Balaban J connectivity index is 1.69. The Bertz CT molecular complexity index is 897. The van der Waals surface area contributed by atoms with E-state index in [1.54, 1.807) is 42.5 Å². The van der Waals surface area contributed by atoms with E-state index < -0.39 is 0 Å². The lowest BCUT2D eigenvalue weighted by molar-refractivity contribution is 0.104. The highest BCUT2D eigenvalue weighted by Gasteiger charge is 2.05. The molecule has 124 valence electrons. The Hall–Kier alpha value is -3.53. The fourth-order valence-electron chi connectivity index (χ4n) is 2.23. The Morgan fingerprint density at radius 1 is 0.880 bits per heavy atom. The summed E-state index contributed by atoms with van der Waals surface area (Å²) in [6.07, 6.45) is 3.25. The molecule has 3 aromatic rings. The molecule has 0 radical (unpaired) electrons. The topological polar surface area (TPSA) is 66.8 Å². The van der Waals surface area contributed by atoms with Gasteiger partial charge in [-0.2, -0.15) is 0 Å². The van der Waals surface area contributed by atoms with Crippen LogP contribution in [0.1, 0.15) is 15.9 Å². The smallest absolute Gasteiger partial charge is 0.185 e. The molecule has 2 N–H and O–H groups in total. The average Bonchev–Trinajstić information content (AvgIpc) is 2.64. The van der Waals surface area contributed by atoms with Gasteiger partial charge in [-0.05, 0) is 35.9 Å². The monoisotopic (exact) mass is 332 g/mol. The number of rotatable bonds is 5. The lowest BCUT2D eigenvalue weighted by atomic mass is 10.1. The third kappa shape index (κ3) is 4.26. The van der Waals surface area contributed by atoms with Gasteiger partial charge in [-0.25, -0.2) is 0 Å². The van der Waals surface area contributed by atoms with Crippen molar-refractivity contribution in [2.75, 3.05) is 0 Å². The summed E-state index contributed by atoms with van der Waals surface area (Å²) in [4.78, 5) is 12.0. The van der Waals surface area contributed by atoms with Gasteiger partial charge < -0.3 is 14.9 Å². The van der Waals surface area contributed by atoms with Crippen LogP contribution in [0.5, 0.6) is 23.0 Å². The fraction of sp³-hybridized carbons (Fsp3) is 0. The van der Waals surface area contributed by atoms with Crippen LogP contribution in [0.25, 0.3) is 6.08 Å². The van der Waals surface area contributed by atoms with E-state index in [0.717, 1.165) is 5.56 Å². The largest absolute Gasteiger partial charge is 0.508 e. The predicted molar refractivity (Wildman–Crippen MR) is 96.1 cm³/mol. The van der Waals surface area contributed by atoms with E-state index in [1.807, 2.05) is 18.2 Å². The molecule has 0 aliphatic heterocycles. The van der Waals surface area contributed by atoms with E-state index in [2.05, 4.69) is 0 Å². The summed E-state index contributed by atoms with van der Waals surface area (Å²) < 4.78 is 5.54. The molecule has 4 nitrogen and oxygen atoms in total. The molecule has 0 saturated heterocycles. The highest BCUT2D eigenvalue weighted by atomic mass is 16.5. The molecular weight excluding hydrogens is 316 g/mol.